The maximum Gasteiger partial charge on any atom is 0.310 e. The number of fused-ring (bicyclic) bond motifs is 1. The first-order chi connectivity index (χ1) is 11.0. The molecule has 7 heteroatoms. The predicted molar refractivity (Wildman–Crippen MR) is 83.1 cm³/mol. The monoisotopic (exact) mass is 343 g/mol. The van der Waals surface area contributed by atoms with Gasteiger partial charge in [0, 0.05) is 18.4 Å². The molecule has 2 aliphatic carbocycles. The number of carbonyl (C=O) groups is 1. The quantitative estimate of drug-likeness (QED) is 0.563. The van der Waals surface area contributed by atoms with Crippen LogP contribution in [0.3, 0.4) is 0 Å². The second kappa shape index (κ2) is 5.70. The molecule has 23 heavy (non-hydrogen) atoms. The van der Waals surface area contributed by atoms with Crippen LogP contribution in [-0.4, -0.2) is 56.4 Å². The lowest BCUT2D eigenvalue weighted by molar-refractivity contribution is -0.161. The van der Waals surface area contributed by atoms with Gasteiger partial charge in [-0.15, -0.1) is 0 Å². The summed E-state index contributed by atoms with van der Waals surface area (Å²) in [7, 11) is -3.44. The molecule has 2 bridgehead atoms. The highest BCUT2D eigenvalue weighted by atomic mass is 32.2. The summed E-state index contributed by atoms with van der Waals surface area (Å²) in [5, 5.41) is -0.363. The summed E-state index contributed by atoms with van der Waals surface area (Å²) < 4.78 is 34.8. The van der Waals surface area contributed by atoms with E-state index in [1.165, 1.54) is 19.3 Å². The second-order valence-corrected chi connectivity index (χ2v) is 9.43. The Morgan fingerprint density at radius 2 is 2.00 bits per heavy atom. The van der Waals surface area contributed by atoms with E-state index in [9.17, 15) is 13.2 Å². The summed E-state index contributed by atoms with van der Waals surface area (Å²) >= 11 is 0. The fraction of sp³-hybridized carbons (Fsp3) is 0.938. The smallest absolute Gasteiger partial charge is 0.310 e. The number of hydrogen-bond donors (Lipinski definition) is 0. The molecule has 0 aromatic heterocycles. The zero-order valence-electron chi connectivity index (χ0n) is 13.5. The van der Waals surface area contributed by atoms with Gasteiger partial charge in [0.1, 0.15) is 12.2 Å². The summed E-state index contributed by atoms with van der Waals surface area (Å²) in [6.45, 7) is 4.74. The van der Waals surface area contributed by atoms with Gasteiger partial charge in [-0.25, -0.2) is 0 Å². The Balaban J connectivity index is 1.36. The Hall–Kier alpha value is -0.660. The first-order valence-electron chi connectivity index (χ1n) is 8.80. The average Bonchev–Trinajstić information content (AvgIpc) is 3.12. The number of carbonyl (C=O) groups excluding carboxylic acids is 1. The normalized spacial score (nSPS) is 42.7. The molecular weight excluding hydrogens is 318 g/mol. The molecule has 2 heterocycles. The van der Waals surface area contributed by atoms with Gasteiger partial charge >= 0.3 is 5.97 Å². The highest BCUT2D eigenvalue weighted by Crippen LogP contribution is 2.55. The van der Waals surface area contributed by atoms with E-state index in [2.05, 4.69) is 4.90 Å². The van der Waals surface area contributed by atoms with Crippen molar-refractivity contribution < 1.29 is 22.1 Å². The number of rotatable bonds is 4. The lowest BCUT2D eigenvalue weighted by atomic mass is 9.94. The Kier molecular flexibility index (Phi) is 3.93. The maximum atomic E-state index is 12.4. The molecule has 0 spiro atoms. The summed E-state index contributed by atoms with van der Waals surface area (Å²) in [5.41, 5.74) is 0. The van der Waals surface area contributed by atoms with Gasteiger partial charge in [-0.2, -0.15) is 8.42 Å². The Bertz CT molecular complexity index is 585. The number of piperidine rings is 1. The third-order valence-corrected chi connectivity index (χ3v) is 7.82. The van der Waals surface area contributed by atoms with E-state index < -0.39 is 16.2 Å². The van der Waals surface area contributed by atoms with E-state index in [0.29, 0.717) is 6.42 Å². The van der Waals surface area contributed by atoms with E-state index in [0.717, 1.165) is 26.1 Å². The van der Waals surface area contributed by atoms with Crippen LogP contribution in [0.5, 0.6) is 0 Å². The zero-order chi connectivity index (χ0) is 16.2. The second-order valence-electron chi connectivity index (χ2n) is 7.65. The summed E-state index contributed by atoms with van der Waals surface area (Å²) in [6.07, 6.45) is 4.26. The lowest BCUT2D eigenvalue weighted by Crippen LogP contribution is -2.41. The van der Waals surface area contributed by atoms with Crippen molar-refractivity contribution in [3.05, 3.63) is 0 Å². The summed E-state index contributed by atoms with van der Waals surface area (Å²) in [6, 6.07) is 0. The minimum absolute atomic E-state index is 0.0280. The van der Waals surface area contributed by atoms with Crippen molar-refractivity contribution in [2.75, 3.05) is 19.6 Å². The number of esters is 1. The van der Waals surface area contributed by atoms with Gasteiger partial charge in [-0.3, -0.25) is 8.98 Å². The van der Waals surface area contributed by atoms with Gasteiger partial charge in [0.2, 0.25) is 0 Å². The molecule has 0 radical (unpaired) electrons. The molecule has 4 aliphatic rings. The van der Waals surface area contributed by atoms with Gasteiger partial charge < -0.3 is 9.64 Å². The number of ether oxygens (including phenoxy) is 1. The summed E-state index contributed by atoms with van der Waals surface area (Å²) in [4.78, 5) is 14.8. The number of hydrogen-bond acceptors (Lipinski definition) is 6. The highest BCUT2D eigenvalue weighted by Gasteiger charge is 2.65. The molecule has 0 N–H and O–H groups in total. The Morgan fingerprint density at radius 3 is 2.74 bits per heavy atom. The third kappa shape index (κ3) is 2.70. The van der Waals surface area contributed by atoms with Crippen molar-refractivity contribution in [3.8, 4) is 0 Å². The van der Waals surface area contributed by atoms with Crippen LogP contribution in [0.2, 0.25) is 0 Å². The van der Waals surface area contributed by atoms with E-state index in [-0.39, 0.29) is 35.1 Å². The SMILES string of the molecule is CC(CN1CCCCC1)C(=O)OC1C2CC3C1OS(=O)(=O)C3C2. The van der Waals surface area contributed by atoms with Crippen LogP contribution >= 0.6 is 0 Å². The minimum Gasteiger partial charge on any atom is -0.459 e. The van der Waals surface area contributed by atoms with Crippen molar-refractivity contribution >= 4 is 16.1 Å². The molecule has 2 saturated carbocycles. The van der Waals surface area contributed by atoms with Crippen LogP contribution in [-0.2, 0) is 23.8 Å². The molecular formula is C16H25NO5S. The van der Waals surface area contributed by atoms with Crippen LogP contribution in [0.4, 0.5) is 0 Å². The van der Waals surface area contributed by atoms with E-state index in [1.807, 2.05) is 6.92 Å². The van der Waals surface area contributed by atoms with Crippen LogP contribution in [0.25, 0.3) is 0 Å². The van der Waals surface area contributed by atoms with Crippen molar-refractivity contribution in [2.45, 2.75) is 56.5 Å². The molecule has 2 aliphatic heterocycles. The Morgan fingerprint density at radius 1 is 1.26 bits per heavy atom. The van der Waals surface area contributed by atoms with E-state index in [4.69, 9.17) is 8.92 Å². The fourth-order valence-corrected chi connectivity index (χ4v) is 6.78. The predicted octanol–water partition coefficient (Wildman–Crippen LogP) is 1.16. The van der Waals surface area contributed by atoms with Crippen molar-refractivity contribution in [1.82, 2.24) is 4.90 Å². The van der Waals surface area contributed by atoms with Gasteiger partial charge in [0.05, 0.1) is 11.2 Å². The average molecular weight is 343 g/mol. The standard InChI is InChI=1S/C16H25NO5S/c1-10(9-17-5-3-2-4-6-17)16(18)21-14-11-7-12-13(8-11)23(19,20)22-15(12)14/h10-15H,2-9H2,1H3. The van der Waals surface area contributed by atoms with Gasteiger partial charge in [0.25, 0.3) is 10.1 Å². The van der Waals surface area contributed by atoms with E-state index in [1.54, 1.807) is 0 Å². The fourth-order valence-electron chi connectivity index (χ4n) is 4.90. The minimum atomic E-state index is -3.44. The van der Waals surface area contributed by atoms with Crippen molar-refractivity contribution in [2.24, 2.45) is 17.8 Å². The molecule has 6 nitrogen and oxygen atoms in total. The molecule has 4 fully saturated rings. The molecule has 2 saturated heterocycles. The van der Waals surface area contributed by atoms with Crippen LogP contribution in [0.1, 0.15) is 39.0 Å². The molecule has 6 atom stereocenters. The molecule has 4 rings (SSSR count). The highest BCUT2D eigenvalue weighted by molar-refractivity contribution is 7.87. The van der Waals surface area contributed by atoms with Crippen LogP contribution in [0, 0.1) is 17.8 Å². The Labute approximate surface area is 137 Å². The van der Waals surface area contributed by atoms with Gasteiger partial charge in [-0.05, 0) is 38.8 Å². The van der Waals surface area contributed by atoms with Crippen molar-refractivity contribution in [3.63, 3.8) is 0 Å². The topological polar surface area (TPSA) is 72.9 Å². The maximum absolute atomic E-state index is 12.4. The molecule has 0 amide bonds. The first-order valence-corrected chi connectivity index (χ1v) is 10.3. The van der Waals surface area contributed by atoms with Gasteiger partial charge in [0.15, 0.2) is 0 Å². The lowest BCUT2D eigenvalue weighted by Gasteiger charge is -2.30. The largest absolute Gasteiger partial charge is 0.459 e. The third-order valence-electron chi connectivity index (χ3n) is 6.05. The molecule has 6 unspecified atom stereocenters. The van der Waals surface area contributed by atoms with Crippen LogP contribution in [0.15, 0.2) is 0 Å². The van der Waals surface area contributed by atoms with E-state index >= 15 is 0 Å². The number of likely N-dealkylation sites (tertiary alicyclic amines) is 1. The molecule has 0 aromatic rings. The molecule has 0 aromatic carbocycles. The summed E-state index contributed by atoms with van der Waals surface area (Å²) in [5.74, 6) is -0.211. The first kappa shape index (κ1) is 15.8. The number of nitrogens with zero attached hydrogens (tertiary/aromatic N) is 1. The van der Waals surface area contributed by atoms with Crippen molar-refractivity contribution in [1.29, 1.82) is 0 Å². The molecule has 130 valence electrons. The van der Waals surface area contributed by atoms with Gasteiger partial charge in [-0.1, -0.05) is 13.3 Å². The van der Waals surface area contributed by atoms with Crippen LogP contribution < -0.4 is 0 Å². The zero-order valence-corrected chi connectivity index (χ0v) is 14.3.